The fourth-order valence-corrected chi connectivity index (χ4v) is 12.9. The Morgan fingerprint density at radius 1 is 0.864 bits per heavy atom. The Bertz CT molecular complexity index is 1590. The lowest BCUT2D eigenvalue weighted by atomic mass is 9.38. The number of ether oxygens (including phenoxy) is 6. The van der Waals surface area contributed by atoms with Crippen LogP contribution in [-0.4, -0.2) is 129 Å². The smallest absolute Gasteiger partial charge is 0.303 e. The highest BCUT2D eigenvalue weighted by Gasteiger charge is 2.72. The molecule has 0 bridgehead atoms. The van der Waals surface area contributed by atoms with Gasteiger partial charge in [-0.2, -0.15) is 0 Å². The molecule has 0 amide bonds. The van der Waals surface area contributed by atoms with Crippen molar-refractivity contribution in [2.24, 2.45) is 45.3 Å². The summed E-state index contributed by atoms with van der Waals surface area (Å²) in [6, 6.07) is 0. The number of fused-ring (bicyclic) bond motifs is 5. The molecule has 59 heavy (non-hydrogen) atoms. The molecule has 14 nitrogen and oxygen atoms in total. The molecule has 6 rings (SSSR count). The molecule has 2 saturated heterocycles. The van der Waals surface area contributed by atoms with Gasteiger partial charge in [0.15, 0.2) is 18.7 Å². The van der Waals surface area contributed by atoms with E-state index >= 15 is 0 Å². The number of carbonyl (C=O) groups is 2. The van der Waals surface area contributed by atoms with Gasteiger partial charge in [0.2, 0.25) is 0 Å². The van der Waals surface area contributed by atoms with E-state index in [0.717, 1.165) is 37.7 Å². The minimum atomic E-state index is -1.57. The summed E-state index contributed by atoms with van der Waals surface area (Å²) in [6.07, 6.45) is -3.72. The number of aliphatic hydroxyl groups excluding tert-OH is 6. The molecular weight excluding hydrogens is 764 g/mol. The summed E-state index contributed by atoms with van der Waals surface area (Å²) in [5.41, 5.74) is 0.730. The summed E-state index contributed by atoms with van der Waals surface area (Å²) in [7, 11) is 0. The predicted octanol–water partition coefficient (Wildman–Crippen LogP) is 3.71. The van der Waals surface area contributed by atoms with Crippen molar-refractivity contribution in [3.63, 3.8) is 0 Å². The number of hydrogen-bond donors (Lipinski definition) is 6. The van der Waals surface area contributed by atoms with Crippen LogP contribution in [0.1, 0.15) is 114 Å². The van der Waals surface area contributed by atoms with E-state index in [1.807, 2.05) is 6.08 Å². The summed E-state index contributed by atoms with van der Waals surface area (Å²) in [5, 5.41) is 66.4. The van der Waals surface area contributed by atoms with Crippen LogP contribution in [-0.2, 0) is 38.0 Å². The Hall–Kier alpha value is -1.98. The van der Waals surface area contributed by atoms with Crippen LogP contribution in [0.3, 0.4) is 0 Å². The lowest BCUT2D eigenvalue weighted by Crippen LogP contribution is -2.63. The fourth-order valence-electron chi connectivity index (χ4n) is 12.9. The molecule has 3 saturated carbocycles. The normalized spacial score (nSPS) is 47.1. The molecule has 0 radical (unpaired) electrons. The first-order valence-electron chi connectivity index (χ1n) is 21.8. The Kier molecular flexibility index (Phi) is 13.6. The van der Waals surface area contributed by atoms with Gasteiger partial charge in [0.1, 0.15) is 43.2 Å². The molecule has 6 aliphatic rings. The van der Waals surface area contributed by atoms with Crippen molar-refractivity contribution in [2.75, 3.05) is 13.2 Å². The molecule has 0 aromatic heterocycles. The molecule has 19 atom stereocenters. The van der Waals surface area contributed by atoms with E-state index in [0.29, 0.717) is 12.8 Å². The largest absolute Gasteiger partial charge is 0.463 e. The van der Waals surface area contributed by atoms with Crippen molar-refractivity contribution in [2.45, 2.75) is 188 Å². The molecule has 0 aromatic carbocycles. The van der Waals surface area contributed by atoms with E-state index in [-0.39, 0.29) is 53.8 Å². The Morgan fingerprint density at radius 2 is 1.54 bits per heavy atom. The van der Waals surface area contributed by atoms with Gasteiger partial charge in [0, 0.05) is 25.2 Å². The minimum Gasteiger partial charge on any atom is -0.463 e. The van der Waals surface area contributed by atoms with Crippen LogP contribution in [0.4, 0.5) is 0 Å². The van der Waals surface area contributed by atoms with Gasteiger partial charge in [-0.1, -0.05) is 64.8 Å². The van der Waals surface area contributed by atoms with Crippen LogP contribution in [0.25, 0.3) is 0 Å². The molecule has 14 heteroatoms. The van der Waals surface area contributed by atoms with Gasteiger partial charge in [0.05, 0.1) is 24.9 Å². The van der Waals surface area contributed by atoms with E-state index in [1.54, 1.807) is 0 Å². The van der Waals surface area contributed by atoms with Gasteiger partial charge < -0.3 is 59.1 Å². The Labute approximate surface area is 349 Å². The van der Waals surface area contributed by atoms with Crippen LogP contribution < -0.4 is 0 Å². The molecule has 6 N–H and O–H groups in total. The number of hydrogen-bond acceptors (Lipinski definition) is 14. The number of esters is 2. The highest BCUT2D eigenvalue weighted by Crippen LogP contribution is 2.75. The zero-order chi connectivity index (χ0) is 43.6. The van der Waals surface area contributed by atoms with Crippen molar-refractivity contribution in [1.29, 1.82) is 0 Å². The highest BCUT2D eigenvalue weighted by molar-refractivity contribution is 5.66. The molecule has 0 aromatic rings. The Morgan fingerprint density at radius 3 is 2.19 bits per heavy atom. The molecule has 4 aliphatic carbocycles. The van der Waals surface area contributed by atoms with Crippen molar-refractivity contribution >= 4 is 11.9 Å². The molecule has 0 spiro atoms. The Balaban J connectivity index is 1.32. The monoisotopic (exact) mass is 836 g/mol. The quantitative estimate of drug-likeness (QED) is 0.130. The van der Waals surface area contributed by atoms with Gasteiger partial charge in [-0.05, 0) is 92.8 Å². The topological polar surface area (TPSA) is 211 Å². The lowest BCUT2D eigenvalue weighted by Gasteiger charge is -2.67. The molecule has 5 fully saturated rings. The predicted molar refractivity (Wildman–Crippen MR) is 214 cm³/mol. The molecule has 336 valence electrons. The van der Waals surface area contributed by atoms with Crippen LogP contribution in [0.5, 0.6) is 0 Å². The second kappa shape index (κ2) is 17.3. The minimum absolute atomic E-state index is 0.0254. The lowest BCUT2D eigenvalue weighted by molar-refractivity contribution is -0.317. The fraction of sp³-hybridized carbons (Fsp3) is 0.867. The second-order valence-corrected chi connectivity index (χ2v) is 20.3. The molecule has 3 unspecified atom stereocenters. The highest BCUT2D eigenvalue weighted by atomic mass is 16.7. The van der Waals surface area contributed by atoms with E-state index in [2.05, 4.69) is 61.5 Å². The number of rotatable bonds is 11. The van der Waals surface area contributed by atoms with Crippen molar-refractivity contribution in [3.8, 4) is 0 Å². The maximum atomic E-state index is 12.6. The first-order valence-corrected chi connectivity index (χ1v) is 21.8. The van der Waals surface area contributed by atoms with Crippen molar-refractivity contribution < 1.29 is 68.6 Å². The third-order valence-electron chi connectivity index (χ3n) is 16.0. The SMILES string of the molecule is CC(=O)OC[C@H]1O[C@@H](O[C@H]2C[C@@]3(C)C4C(O)C=C5[C@H](CCC(O[C@@H]6OC[C@@H](O)[C@H](O)[C@H]6O)C5(C)C)[C@]4(C)CC[C@]3(C)[C@H]2[C@H](C)CCC=C(C)C)[C@H](O)[C@H](O)[C@@H]1OC(C)=O. The van der Waals surface area contributed by atoms with Crippen molar-refractivity contribution in [3.05, 3.63) is 23.3 Å². The number of allylic oxidation sites excluding steroid dienone is 2. The summed E-state index contributed by atoms with van der Waals surface area (Å²) in [6.45, 7) is 19.6. The van der Waals surface area contributed by atoms with E-state index in [4.69, 9.17) is 28.4 Å². The van der Waals surface area contributed by atoms with Crippen LogP contribution in [0.15, 0.2) is 23.3 Å². The second-order valence-electron chi connectivity index (χ2n) is 20.3. The molecule has 2 aliphatic heterocycles. The van der Waals surface area contributed by atoms with Crippen LogP contribution in [0, 0.1) is 45.3 Å². The zero-order valence-corrected chi connectivity index (χ0v) is 36.7. The van der Waals surface area contributed by atoms with E-state index < -0.39 is 90.3 Å². The summed E-state index contributed by atoms with van der Waals surface area (Å²) in [5.74, 6) is -1.15. The average Bonchev–Trinajstić information content (AvgIpc) is 3.37. The van der Waals surface area contributed by atoms with Gasteiger partial charge >= 0.3 is 11.9 Å². The maximum Gasteiger partial charge on any atom is 0.303 e. The maximum absolute atomic E-state index is 12.6. The van der Waals surface area contributed by atoms with E-state index in [9.17, 15) is 40.2 Å². The van der Waals surface area contributed by atoms with Crippen LogP contribution in [0.2, 0.25) is 0 Å². The number of carbonyl (C=O) groups excluding carboxylic acids is 2. The first kappa shape index (κ1) is 46.5. The van der Waals surface area contributed by atoms with E-state index in [1.165, 1.54) is 19.4 Å². The third-order valence-corrected chi connectivity index (χ3v) is 16.0. The summed E-state index contributed by atoms with van der Waals surface area (Å²) >= 11 is 0. The average molecular weight is 837 g/mol. The first-order chi connectivity index (χ1) is 27.5. The van der Waals surface area contributed by atoms with Gasteiger partial charge in [0.25, 0.3) is 0 Å². The standard InChI is InChI=1S/C45H72O14/c1-22(2)12-11-13-23(3)33-30(57-41-37(53)35(51)38(56-25(5)47)31(58-41)21-54-24(4)46)19-45(10)39-28(48)18-27-26(43(39,8)16-17-44(33,45)9)14-15-32(42(27,6)7)59-40-36(52)34(50)29(49)20-55-40/h12,18,23,26,28-41,48-53H,11,13-17,19-21H2,1-10H3/t23-,26+,28?,29-,30+,31-,32?,33+,34+,35+,36-,37-,38-,39?,40+,41-,43+,44-,45+/m1/s1. The zero-order valence-electron chi connectivity index (χ0n) is 36.7. The summed E-state index contributed by atoms with van der Waals surface area (Å²) < 4.78 is 35.8. The molecular formula is C45H72O14. The molecule has 2 heterocycles. The van der Waals surface area contributed by atoms with Gasteiger partial charge in [-0.25, -0.2) is 0 Å². The number of aliphatic hydroxyl groups is 6. The van der Waals surface area contributed by atoms with Gasteiger partial charge in [-0.15, -0.1) is 0 Å². The van der Waals surface area contributed by atoms with Gasteiger partial charge in [-0.3, -0.25) is 9.59 Å². The third kappa shape index (κ3) is 8.34. The van der Waals surface area contributed by atoms with Crippen LogP contribution >= 0.6 is 0 Å². The van der Waals surface area contributed by atoms with Crippen molar-refractivity contribution in [1.82, 2.24) is 0 Å². The summed E-state index contributed by atoms with van der Waals surface area (Å²) in [4.78, 5) is 23.8.